The highest BCUT2D eigenvalue weighted by atomic mass is 19.4. The molecule has 0 radical (unpaired) electrons. The Labute approximate surface area is 164 Å². The summed E-state index contributed by atoms with van der Waals surface area (Å²) in [6, 6.07) is 6.56. The number of aromatic nitrogens is 2. The molecule has 0 unspecified atom stereocenters. The second-order valence-electron chi connectivity index (χ2n) is 6.06. The Morgan fingerprint density at radius 1 is 1.24 bits per heavy atom. The van der Waals surface area contributed by atoms with Crippen molar-refractivity contribution in [1.29, 1.82) is 0 Å². The molecule has 1 N–H and O–H groups in total. The topological polar surface area (TPSA) is 90.8 Å². The molecule has 156 valence electrons. The Hall–Kier alpha value is -3.30. The number of carbonyl (C=O) groups is 1. The average Bonchev–Trinajstić information content (AvgIpc) is 2.63. The predicted octanol–water partition coefficient (Wildman–Crippen LogP) is 3.93. The molecule has 0 saturated heterocycles. The van der Waals surface area contributed by atoms with E-state index in [1.807, 2.05) is 0 Å². The first-order chi connectivity index (χ1) is 13.6. The summed E-state index contributed by atoms with van der Waals surface area (Å²) in [5, 5.41) is 9.36. The molecule has 1 aromatic carbocycles. The Morgan fingerprint density at radius 3 is 2.52 bits per heavy atom. The van der Waals surface area contributed by atoms with Crippen LogP contribution in [0.1, 0.15) is 30.7 Å². The molecule has 10 heteroatoms. The molecule has 0 fully saturated rings. The van der Waals surface area contributed by atoms with Gasteiger partial charge in [-0.15, -0.1) is 0 Å². The minimum Gasteiger partial charge on any atom is -0.503 e. The monoisotopic (exact) mass is 412 g/mol. The maximum absolute atomic E-state index is 13.1. The van der Waals surface area contributed by atoms with E-state index in [2.05, 4.69) is 9.97 Å². The van der Waals surface area contributed by atoms with Crippen LogP contribution in [-0.2, 0) is 22.3 Å². The Bertz CT molecular complexity index is 898. The maximum Gasteiger partial charge on any atom is 0.433 e. The molecular formula is C19H19F3N2O5. The number of nitrogens with zero attached hydrogens (tertiary/aromatic N) is 2. The molecule has 7 nitrogen and oxygen atoms in total. The van der Waals surface area contributed by atoms with Crippen LogP contribution in [-0.4, -0.2) is 34.3 Å². The minimum atomic E-state index is -4.72. The summed E-state index contributed by atoms with van der Waals surface area (Å²) in [6.45, 7) is 3.01. The van der Waals surface area contributed by atoms with Gasteiger partial charge in [-0.25, -0.2) is 4.79 Å². The van der Waals surface area contributed by atoms with Crippen LogP contribution in [0.4, 0.5) is 13.2 Å². The molecule has 1 aromatic heterocycles. The molecule has 0 aliphatic carbocycles. The molecule has 1 heterocycles. The molecule has 0 aliphatic heterocycles. The summed E-state index contributed by atoms with van der Waals surface area (Å²) in [5.41, 5.74) is -0.631. The third kappa shape index (κ3) is 6.09. The van der Waals surface area contributed by atoms with E-state index in [1.54, 1.807) is 32.0 Å². The van der Waals surface area contributed by atoms with E-state index in [1.165, 1.54) is 13.2 Å². The van der Waals surface area contributed by atoms with Gasteiger partial charge < -0.3 is 19.3 Å². The van der Waals surface area contributed by atoms with Gasteiger partial charge in [0.25, 0.3) is 0 Å². The van der Waals surface area contributed by atoms with Crippen molar-refractivity contribution in [2.24, 2.45) is 0 Å². The van der Waals surface area contributed by atoms with Gasteiger partial charge in [-0.2, -0.15) is 23.1 Å². The molecule has 2 aromatic rings. The third-order valence-corrected chi connectivity index (χ3v) is 3.46. The lowest BCUT2D eigenvalue weighted by Gasteiger charge is -2.14. The van der Waals surface area contributed by atoms with Crippen molar-refractivity contribution in [2.75, 3.05) is 7.11 Å². The Kier molecular flexibility index (Phi) is 7.03. The number of methoxy groups -OCH3 is 1. The smallest absolute Gasteiger partial charge is 0.433 e. The van der Waals surface area contributed by atoms with E-state index in [-0.39, 0.29) is 18.1 Å². The van der Waals surface area contributed by atoms with Crippen molar-refractivity contribution >= 4 is 11.5 Å². The SMILES string of the molecule is CO/C=C(/C(=O)O)c1ccccc1COc1cc(C(F)(F)F)nc(OC(C)C)n1. The lowest BCUT2D eigenvalue weighted by molar-refractivity contribution is -0.141. The van der Waals surface area contributed by atoms with Crippen molar-refractivity contribution in [2.45, 2.75) is 32.7 Å². The van der Waals surface area contributed by atoms with Crippen LogP contribution in [0.5, 0.6) is 11.9 Å². The number of alkyl halides is 3. The van der Waals surface area contributed by atoms with Crippen LogP contribution in [0.3, 0.4) is 0 Å². The van der Waals surface area contributed by atoms with Crippen molar-refractivity contribution in [1.82, 2.24) is 9.97 Å². The fraction of sp³-hybridized carbons (Fsp3) is 0.316. The summed E-state index contributed by atoms with van der Waals surface area (Å²) in [6.07, 6.45) is -4.10. The van der Waals surface area contributed by atoms with Crippen molar-refractivity contribution in [3.63, 3.8) is 0 Å². The maximum atomic E-state index is 13.1. The van der Waals surface area contributed by atoms with Crippen LogP contribution in [0.25, 0.3) is 5.57 Å². The predicted molar refractivity (Wildman–Crippen MR) is 96.2 cm³/mol. The number of carboxylic acid groups (broad SMARTS) is 1. The second-order valence-corrected chi connectivity index (χ2v) is 6.06. The number of aliphatic carboxylic acids is 1. The second kappa shape index (κ2) is 9.26. The zero-order valence-electron chi connectivity index (χ0n) is 15.9. The van der Waals surface area contributed by atoms with E-state index in [0.717, 1.165) is 6.26 Å². The lowest BCUT2D eigenvalue weighted by atomic mass is 10.0. The highest BCUT2D eigenvalue weighted by Gasteiger charge is 2.34. The highest BCUT2D eigenvalue weighted by molar-refractivity contribution is 6.15. The zero-order chi connectivity index (χ0) is 21.6. The van der Waals surface area contributed by atoms with Gasteiger partial charge in [0.1, 0.15) is 12.2 Å². The number of hydrogen-bond donors (Lipinski definition) is 1. The van der Waals surface area contributed by atoms with Crippen LogP contribution in [0.15, 0.2) is 36.6 Å². The fourth-order valence-electron chi connectivity index (χ4n) is 2.29. The number of ether oxygens (including phenoxy) is 3. The first kappa shape index (κ1) is 22.0. The molecule has 29 heavy (non-hydrogen) atoms. The van der Waals surface area contributed by atoms with E-state index >= 15 is 0 Å². The standard InChI is InChI=1S/C19H19F3N2O5/c1-11(2)29-18-23-15(19(20,21)22)8-16(24-18)28-9-12-6-4-5-7-13(12)14(10-27-3)17(25)26/h4-8,10-11H,9H2,1-3H3,(H,25,26)/b14-10+. The lowest BCUT2D eigenvalue weighted by Crippen LogP contribution is -2.14. The molecule has 2 rings (SSSR count). The summed E-state index contributed by atoms with van der Waals surface area (Å²) in [4.78, 5) is 18.7. The van der Waals surface area contributed by atoms with Gasteiger partial charge >= 0.3 is 18.2 Å². The first-order valence-corrected chi connectivity index (χ1v) is 8.42. The molecule has 0 amide bonds. The van der Waals surface area contributed by atoms with Gasteiger partial charge in [0.2, 0.25) is 5.88 Å². The quantitative estimate of drug-likeness (QED) is 0.519. The van der Waals surface area contributed by atoms with E-state index in [4.69, 9.17) is 14.2 Å². The zero-order valence-corrected chi connectivity index (χ0v) is 15.9. The van der Waals surface area contributed by atoms with Gasteiger partial charge in [0.05, 0.1) is 19.5 Å². The van der Waals surface area contributed by atoms with Gasteiger partial charge in [0, 0.05) is 6.07 Å². The molecule has 0 saturated carbocycles. The molecule has 0 bridgehead atoms. The van der Waals surface area contributed by atoms with Gasteiger partial charge in [-0.05, 0) is 25.0 Å². The summed E-state index contributed by atoms with van der Waals surface area (Å²) in [7, 11) is 1.30. The summed E-state index contributed by atoms with van der Waals surface area (Å²) < 4.78 is 54.7. The Balaban J connectivity index is 2.35. The minimum absolute atomic E-state index is 0.130. The van der Waals surface area contributed by atoms with Gasteiger partial charge in [-0.1, -0.05) is 24.3 Å². The number of halogens is 3. The largest absolute Gasteiger partial charge is 0.503 e. The average molecular weight is 412 g/mol. The normalized spacial score (nSPS) is 12.0. The third-order valence-electron chi connectivity index (χ3n) is 3.46. The van der Waals surface area contributed by atoms with Crippen molar-refractivity contribution in [3.05, 3.63) is 53.4 Å². The van der Waals surface area contributed by atoms with Crippen LogP contribution in [0, 0.1) is 0 Å². The fourth-order valence-corrected chi connectivity index (χ4v) is 2.29. The summed E-state index contributed by atoms with van der Waals surface area (Å²) in [5.74, 6) is -1.58. The van der Waals surface area contributed by atoms with Crippen LogP contribution in [0.2, 0.25) is 0 Å². The van der Waals surface area contributed by atoms with E-state index < -0.39 is 30.0 Å². The first-order valence-electron chi connectivity index (χ1n) is 8.42. The van der Waals surface area contributed by atoms with Crippen molar-refractivity contribution < 1.29 is 37.3 Å². The van der Waals surface area contributed by atoms with Crippen molar-refractivity contribution in [3.8, 4) is 11.9 Å². The van der Waals surface area contributed by atoms with E-state index in [0.29, 0.717) is 17.2 Å². The van der Waals surface area contributed by atoms with Gasteiger partial charge in [-0.3, -0.25) is 0 Å². The molecule has 0 spiro atoms. The van der Waals surface area contributed by atoms with E-state index in [9.17, 15) is 23.1 Å². The molecular weight excluding hydrogens is 393 g/mol. The number of benzene rings is 1. The van der Waals surface area contributed by atoms with Crippen LogP contribution >= 0.6 is 0 Å². The summed E-state index contributed by atoms with van der Waals surface area (Å²) >= 11 is 0. The number of rotatable bonds is 8. The molecule has 0 atom stereocenters. The number of hydrogen-bond acceptors (Lipinski definition) is 6. The Morgan fingerprint density at radius 2 is 1.93 bits per heavy atom. The van der Waals surface area contributed by atoms with Crippen LogP contribution < -0.4 is 9.47 Å². The highest BCUT2D eigenvalue weighted by Crippen LogP contribution is 2.31. The molecule has 0 aliphatic rings. The van der Waals surface area contributed by atoms with Gasteiger partial charge in [0.15, 0.2) is 5.69 Å². The number of carboxylic acids is 1.